The Labute approximate surface area is 106 Å². The van der Waals surface area contributed by atoms with Crippen LogP contribution in [-0.4, -0.2) is 31.7 Å². The van der Waals surface area contributed by atoms with Gasteiger partial charge in [0.2, 0.25) is 5.91 Å². The van der Waals surface area contributed by atoms with Crippen molar-refractivity contribution in [1.82, 2.24) is 5.32 Å². The first-order valence-corrected chi connectivity index (χ1v) is 5.85. The van der Waals surface area contributed by atoms with Gasteiger partial charge in [0, 0.05) is 38.3 Å². The molecule has 100 valence electrons. The highest BCUT2D eigenvalue weighted by Crippen LogP contribution is 2.26. The van der Waals surface area contributed by atoms with Crippen molar-refractivity contribution in [1.29, 1.82) is 0 Å². The van der Waals surface area contributed by atoms with E-state index in [0.717, 1.165) is 5.69 Å². The van der Waals surface area contributed by atoms with Crippen LogP contribution in [0, 0.1) is 5.82 Å². The van der Waals surface area contributed by atoms with Gasteiger partial charge in [-0.05, 0) is 25.1 Å². The van der Waals surface area contributed by atoms with Gasteiger partial charge in [-0.3, -0.25) is 4.79 Å². The van der Waals surface area contributed by atoms with E-state index >= 15 is 0 Å². The van der Waals surface area contributed by atoms with Crippen LogP contribution in [0.1, 0.15) is 25.0 Å². The minimum absolute atomic E-state index is 0.0532. The Morgan fingerprint density at radius 2 is 2.22 bits per heavy atom. The molecule has 4 nitrogen and oxygen atoms in total. The van der Waals surface area contributed by atoms with Crippen LogP contribution in [0.25, 0.3) is 0 Å². The van der Waals surface area contributed by atoms with Crippen molar-refractivity contribution in [3.05, 3.63) is 29.6 Å². The van der Waals surface area contributed by atoms with Crippen molar-refractivity contribution < 1.29 is 14.3 Å². The maximum atomic E-state index is 13.1. The van der Waals surface area contributed by atoms with Crippen molar-refractivity contribution in [2.24, 2.45) is 0 Å². The number of anilines is 1. The number of hydrogen-bond acceptors (Lipinski definition) is 3. The fourth-order valence-corrected chi connectivity index (χ4v) is 1.72. The molecule has 5 heteroatoms. The van der Waals surface area contributed by atoms with Crippen molar-refractivity contribution in [3.8, 4) is 0 Å². The number of rotatable bonds is 5. The van der Waals surface area contributed by atoms with Crippen LogP contribution < -0.4 is 10.2 Å². The van der Waals surface area contributed by atoms with Crippen LogP contribution in [0.15, 0.2) is 18.2 Å². The van der Waals surface area contributed by atoms with Gasteiger partial charge in [0.25, 0.3) is 0 Å². The number of aliphatic hydroxyl groups is 1. The van der Waals surface area contributed by atoms with Crippen LogP contribution in [-0.2, 0) is 4.79 Å². The van der Waals surface area contributed by atoms with E-state index < -0.39 is 6.10 Å². The molecule has 0 bridgehead atoms. The number of hydrogen-bond donors (Lipinski definition) is 2. The zero-order chi connectivity index (χ0) is 13.7. The van der Waals surface area contributed by atoms with E-state index in [0.29, 0.717) is 18.5 Å². The summed E-state index contributed by atoms with van der Waals surface area (Å²) in [6.45, 7) is 2.09. The second kappa shape index (κ2) is 6.35. The highest BCUT2D eigenvalue weighted by Gasteiger charge is 2.13. The van der Waals surface area contributed by atoms with Gasteiger partial charge in [-0.2, -0.15) is 0 Å². The summed E-state index contributed by atoms with van der Waals surface area (Å²) in [5.74, 6) is -0.433. The molecule has 18 heavy (non-hydrogen) atoms. The topological polar surface area (TPSA) is 52.6 Å². The Morgan fingerprint density at radius 3 is 2.78 bits per heavy atom. The normalized spacial score (nSPS) is 12.1. The molecule has 0 spiro atoms. The first kappa shape index (κ1) is 14.4. The minimum Gasteiger partial charge on any atom is -0.389 e. The predicted octanol–water partition coefficient (Wildman–Crippen LogP) is 1.45. The zero-order valence-electron chi connectivity index (χ0n) is 10.9. The van der Waals surface area contributed by atoms with Crippen LogP contribution in [0.3, 0.4) is 0 Å². The first-order chi connectivity index (χ1) is 8.45. The zero-order valence-corrected chi connectivity index (χ0v) is 10.9. The second-order valence-electron chi connectivity index (χ2n) is 4.22. The maximum Gasteiger partial charge on any atom is 0.221 e. The molecule has 2 N–H and O–H groups in total. The van der Waals surface area contributed by atoms with E-state index in [2.05, 4.69) is 5.32 Å². The number of amides is 1. The Bertz CT molecular complexity index is 421. The fourth-order valence-electron chi connectivity index (χ4n) is 1.72. The third-order valence-electron chi connectivity index (χ3n) is 2.80. The van der Waals surface area contributed by atoms with Gasteiger partial charge in [-0.1, -0.05) is 0 Å². The average molecular weight is 254 g/mol. The van der Waals surface area contributed by atoms with Gasteiger partial charge in [0.1, 0.15) is 5.82 Å². The summed E-state index contributed by atoms with van der Waals surface area (Å²) in [7, 11) is 3.39. The lowest BCUT2D eigenvalue weighted by Gasteiger charge is -2.23. The quantitative estimate of drug-likeness (QED) is 0.836. The van der Waals surface area contributed by atoms with E-state index in [-0.39, 0.29) is 11.7 Å². The molecule has 0 radical (unpaired) electrons. The van der Waals surface area contributed by atoms with Gasteiger partial charge in [-0.15, -0.1) is 0 Å². The fraction of sp³-hybridized carbons (Fsp3) is 0.462. The summed E-state index contributed by atoms with van der Waals surface area (Å²) < 4.78 is 13.1. The lowest BCUT2D eigenvalue weighted by Crippen LogP contribution is -2.27. The van der Waals surface area contributed by atoms with Crippen molar-refractivity contribution in [2.75, 3.05) is 25.5 Å². The van der Waals surface area contributed by atoms with Gasteiger partial charge in [-0.25, -0.2) is 4.39 Å². The Kier molecular flexibility index (Phi) is 5.09. The number of halogens is 1. The predicted molar refractivity (Wildman–Crippen MR) is 69.0 cm³/mol. The van der Waals surface area contributed by atoms with Crippen molar-refractivity contribution in [2.45, 2.75) is 19.4 Å². The summed E-state index contributed by atoms with van der Waals surface area (Å²) >= 11 is 0. The van der Waals surface area contributed by atoms with Crippen LogP contribution in [0.4, 0.5) is 10.1 Å². The Morgan fingerprint density at radius 1 is 1.56 bits per heavy atom. The van der Waals surface area contributed by atoms with Crippen molar-refractivity contribution >= 4 is 11.6 Å². The molecule has 1 aromatic carbocycles. The van der Waals surface area contributed by atoms with E-state index in [1.807, 2.05) is 11.9 Å². The molecule has 1 atom stereocenters. The minimum atomic E-state index is -0.752. The molecule has 0 aromatic heterocycles. The highest BCUT2D eigenvalue weighted by molar-refractivity contribution is 5.76. The number of benzene rings is 1. The summed E-state index contributed by atoms with van der Waals surface area (Å²) in [5.41, 5.74) is 1.25. The maximum absolute atomic E-state index is 13.1. The van der Waals surface area contributed by atoms with Crippen LogP contribution in [0.5, 0.6) is 0 Å². The number of aliphatic hydroxyl groups excluding tert-OH is 1. The Hall–Kier alpha value is -1.62. The molecule has 0 unspecified atom stereocenters. The molecule has 0 aliphatic carbocycles. The summed E-state index contributed by atoms with van der Waals surface area (Å²) in [6, 6.07) is 4.27. The van der Waals surface area contributed by atoms with Gasteiger partial charge < -0.3 is 15.3 Å². The van der Waals surface area contributed by atoms with Gasteiger partial charge in [0.15, 0.2) is 0 Å². The third kappa shape index (κ3) is 3.70. The first-order valence-electron chi connectivity index (χ1n) is 5.85. The van der Waals surface area contributed by atoms with E-state index in [4.69, 9.17) is 0 Å². The SMILES string of the molecule is CNC(=O)CCN(C)c1ccc(F)cc1[C@@H](C)O. The molecule has 0 aliphatic rings. The standard InChI is InChI=1S/C13H19FN2O2/c1-9(17)11-8-10(14)4-5-12(11)16(3)7-6-13(18)15-2/h4-5,8-9,17H,6-7H2,1-3H3,(H,15,18)/t9-/m1/s1. The van der Waals surface area contributed by atoms with Gasteiger partial charge >= 0.3 is 0 Å². The molecule has 0 saturated carbocycles. The summed E-state index contributed by atoms with van der Waals surface area (Å²) in [6.07, 6.45) is -0.401. The number of carbonyl (C=O) groups excluding carboxylic acids is 1. The van der Waals surface area contributed by atoms with Crippen molar-refractivity contribution in [3.63, 3.8) is 0 Å². The molecule has 1 rings (SSSR count). The molecule has 0 fully saturated rings. The number of nitrogens with zero attached hydrogens (tertiary/aromatic N) is 1. The summed E-state index contributed by atoms with van der Waals surface area (Å²) in [5, 5.41) is 12.2. The van der Waals surface area contributed by atoms with E-state index in [1.54, 1.807) is 20.0 Å². The molecule has 0 saturated heterocycles. The van der Waals surface area contributed by atoms with Crippen LogP contribution in [0.2, 0.25) is 0 Å². The molecule has 0 heterocycles. The Balaban J connectivity index is 2.84. The third-order valence-corrected chi connectivity index (χ3v) is 2.80. The smallest absolute Gasteiger partial charge is 0.221 e. The lowest BCUT2D eigenvalue weighted by atomic mass is 10.1. The molecule has 1 aromatic rings. The molecule has 0 aliphatic heterocycles. The molecule has 1 amide bonds. The average Bonchev–Trinajstić information content (AvgIpc) is 2.35. The van der Waals surface area contributed by atoms with Crippen LogP contribution >= 0.6 is 0 Å². The largest absolute Gasteiger partial charge is 0.389 e. The number of carbonyl (C=O) groups is 1. The lowest BCUT2D eigenvalue weighted by molar-refractivity contribution is -0.120. The number of nitrogens with one attached hydrogen (secondary N) is 1. The van der Waals surface area contributed by atoms with Gasteiger partial charge in [0.05, 0.1) is 6.10 Å². The van der Waals surface area contributed by atoms with E-state index in [1.165, 1.54) is 12.1 Å². The molecular weight excluding hydrogens is 235 g/mol. The highest BCUT2D eigenvalue weighted by atomic mass is 19.1. The second-order valence-corrected chi connectivity index (χ2v) is 4.22. The monoisotopic (exact) mass is 254 g/mol. The van der Waals surface area contributed by atoms with E-state index in [9.17, 15) is 14.3 Å². The summed E-state index contributed by atoms with van der Waals surface area (Å²) in [4.78, 5) is 13.0. The molecular formula is C13H19FN2O2.